The van der Waals surface area contributed by atoms with Gasteiger partial charge in [0.2, 0.25) is 0 Å². The number of benzene rings is 2. The number of hydrogen-bond acceptors (Lipinski definition) is 2. The summed E-state index contributed by atoms with van der Waals surface area (Å²) < 4.78 is 0. The number of carbonyl (C=O) groups excluding carboxylic acids is 2. The molecule has 3 rings (SSSR count). The van der Waals surface area contributed by atoms with Crippen LogP contribution in [0.5, 0.6) is 0 Å². The molecule has 88 valence electrons. The first kappa shape index (κ1) is 10.7. The molecule has 1 amide bonds. The Morgan fingerprint density at radius 3 is 2.50 bits per heavy atom. The van der Waals surface area contributed by atoms with E-state index in [9.17, 15) is 9.59 Å². The number of amides is 1. The van der Waals surface area contributed by atoms with Gasteiger partial charge in [-0.05, 0) is 35.7 Å². The van der Waals surface area contributed by atoms with Crippen LogP contribution in [0.15, 0.2) is 42.5 Å². The first-order valence-corrected chi connectivity index (χ1v) is 5.72. The number of hydrogen-bond donors (Lipinski definition) is 1. The van der Waals surface area contributed by atoms with Gasteiger partial charge >= 0.3 is 0 Å². The first-order chi connectivity index (χ1) is 8.66. The zero-order valence-electron chi connectivity index (χ0n) is 9.86. The molecule has 0 aromatic heterocycles. The third kappa shape index (κ3) is 1.52. The van der Waals surface area contributed by atoms with E-state index in [0.717, 1.165) is 16.7 Å². The molecule has 2 aromatic carbocycles. The molecule has 0 radical (unpaired) electrons. The van der Waals surface area contributed by atoms with E-state index in [4.69, 9.17) is 0 Å². The lowest BCUT2D eigenvalue weighted by atomic mass is 9.98. The molecule has 0 spiro atoms. The molecule has 3 heteroatoms. The number of carbonyl (C=O) groups is 2. The van der Waals surface area contributed by atoms with Crippen LogP contribution in [-0.4, -0.2) is 11.7 Å². The van der Waals surface area contributed by atoms with E-state index >= 15 is 0 Å². The van der Waals surface area contributed by atoms with Crippen LogP contribution in [0.2, 0.25) is 0 Å². The van der Waals surface area contributed by atoms with Gasteiger partial charge in [0.05, 0.1) is 11.3 Å². The smallest absolute Gasteiger partial charge is 0.296 e. The minimum absolute atomic E-state index is 0.458. The molecule has 0 bridgehead atoms. The molecule has 2 aromatic rings. The lowest BCUT2D eigenvalue weighted by Gasteiger charge is -2.06. The molecule has 1 aliphatic heterocycles. The van der Waals surface area contributed by atoms with Crippen molar-refractivity contribution in [2.75, 3.05) is 5.32 Å². The maximum atomic E-state index is 11.7. The van der Waals surface area contributed by atoms with Gasteiger partial charge in [-0.25, -0.2) is 0 Å². The number of ketones is 1. The first-order valence-electron chi connectivity index (χ1n) is 5.72. The SMILES string of the molecule is Cc1ccccc1-c1ccc2c(c1)C(=O)C(=O)N2. The summed E-state index contributed by atoms with van der Waals surface area (Å²) in [6, 6.07) is 13.4. The Balaban J connectivity index is 2.15. The van der Waals surface area contributed by atoms with Gasteiger partial charge in [-0.3, -0.25) is 9.59 Å². The van der Waals surface area contributed by atoms with Crippen molar-refractivity contribution in [1.82, 2.24) is 0 Å². The average Bonchev–Trinajstić information content (AvgIpc) is 2.66. The number of aryl methyl sites for hydroxylation is 1. The largest absolute Gasteiger partial charge is 0.318 e. The van der Waals surface area contributed by atoms with Crippen LogP contribution in [0.4, 0.5) is 5.69 Å². The van der Waals surface area contributed by atoms with Crippen LogP contribution in [0, 0.1) is 6.92 Å². The lowest BCUT2D eigenvalue weighted by molar-refractivity contribution is -0.112. The second-order valence-electron chi connectivity index (χ2n) is 4.36. The maximum absolute atomic E-state index is 11.7. The van der Waals surface area contributed by atoms with Crippen molar-refractivity contribution in [2.24, 2.45) is 0 Å². The fourth-order valence-electron chi connectivity index (χ4n) is 2.21. The third-order valence-electron chi connectivity index (χ3n) is 3.17. The highest BCUT2D eigenvalue weighted by atomic mass is 16.2. The minimum Gasteiger partial charge on any atom is -0.318 e. The second-order valence-corrected chi connectivity index (χ2v) is 4.36. The summed E-state index contributed by atoms with van der Waals surface area (Å²) in [6.45, 7) is 2.02. The van der Waals surface area contributed by atoms with E-state index in [2.05, 4.69) is 5.32 Å². The second kappa shape index (κ2) is 3.81. The van der Waals surface area contributed by atoms with Crippen molar-refractivity contribution < 1.29 is 9.59 Å². The van der Waals surface area contributed by atoms with Crippen molar-refractivity contribution in [1.29, 1.82) is 0 Å². The van der Waals surface area contributed by atoms with Crippen molar-refractivity contribution in [3.05, 3.63) is 53.6 Å². The maximum Gasteiger partial charge on any atom is 0.296 e. The van der Waals surface area contributed by atoms with Gasteiger partial charge in [0, 0.05) is 0 Å². The van der Waals surface area contributed by atoms with E-state index < -0.39 is 11.7 Å². The topological polar surface area (TPSA) is 46.2 Å². The highest BCUT2D eigenvalue weighted by Crippen LogP contribution is 2.30. The molecule has 0 aliphatic carbocycles. The number of anilines is 1. The average molecular weight is 237 g/mol. The predicted molar refractivity (Wildman–Crippen MR) is 69.6 cm³/mol. The number of nitrogens with one attached hydrogen (secondary N) is 1. The number of rotatable bonds is 1. The fraction of sp³-hybridized carbons (Fsp3) is 0.0667. The van der Waals surface area contributed by atoms with Crippen molar-refractivity contribution in [3.63, 3.8) is 0 Å². The molecule has 0 fully saturated rings. The Morgan fingerprint density at radius 1 is 0.944 bits per heavy atom. The Morgan fingerprint density at radius 2 is 1.72 bits per heavy atom. The number of fused-ring (bicyclic) bond motifs is 1. The van der Waals surface area contributed by atoms with Crippen molar-refractivity contribution in [2.45, 2.75) is 6.92 Å². The van der Waals surface area contributed by atoms with E-state index in [1.807, 2.05) is 37.3 Å². The van der Waals surface area contributed by atoms with Gasteiger partial charge in [-0.15, -0.1) is 0 Å². The van der Waals surface area contributed by atoms with Gasteiger partial charge < -0.3 is 5.32 Å². The van der Waals surface area contributed by atoms with Crippen molar-refractivity contribution >= 4 is 17.4 Å². The normalized spacial score (nSPS) is 13.4. The summed E-state index contributed by atoms with van der Waals surface area (Å²) in [5.74, 6) is -1.01. The van der Waals surface area contributed by atoms with Gasteiger partial charge in [0.1, 0.15) is 0 Å². The minimum atomic E-state index is -0.549. The van der Waals surface area contributed by atoms with Crippen LogP contribution in [0.25, 0.3) is 11.1 Å². The predicted octanol–water partition coefficient (Wildman–Crippen LogP) is 2.80. The van der Waals surface area contributed by atoms with Crippen LogP contribution in [0.1, 0.15) is 15.9 Å². The molecule has 1 heterocycles. The van der Waals surface area contributed by atoms with E-state index in [0.29, 0.717) is 11.3 Å². The van der Waals surface area contributed by atoms with Crippen LogP contribution in [0.3, 0.4) is 0 Å². The van der Waals surface area contributed by atoms with Crippen LogP contribution < -0.4 is 5.32 Å². The van der Waals surface area contributed by atoms with Gasteiger partial charge in [-0.1, -0.05) is 30.3 Å². The summed E-state index contributed by atoms with van der Waals surface area (Å²) in [5, 5.41) is 2.55. The van der Waals surface area contributed by atoms with Gasteiger partial charge in [0.15, 0.2) is 0 Å². The van der Waals surface area contributed by atoms with Gasteiger partial charge in [0.25, 0.3) is 11.7 Å². The van der Waals surface area contributed by atoms with E-state index in [1.165, 1.54) is 0 Å². The van der Waals surface area contributed by atoms with E-state index in [1.54, 1.807) is 12.1 Å². The third-order valence-corrected chi connectivity index (χ3v) is 3.17. The lowest BCUT2D eigenvalue weighted by Crippen LogP contribution is -2.12. The molecule has 18 heavy (non-hydrogen) atoms. The van der Waals surface area contributed by atoms with Crippen LogP contribution >= 0.6 is 0 Å². The van der Waals surface area contributed by atoms with Crippen molar-refractivity contribution in [3.8, 4) is 11.1 Å². The highest BCUT2D eigenvalue weighted by Gasteiger charge is 2.27. The molecular formula is C15H11NO2. The monoisotopic (exact) mass is 237 g/mol. The molecular weight excluding hydrogens is 226 g/mol. The molecule has 0 unspecified atom stereocenters. The molecule has 1 N–H and O–H groups in total. The summed E-state index contributed by atoms with van der Waals surface area (Å²) >= 11 is 0. The summed E-state index contributed by atoms with van der Waals surface area (Å²) in [6.07, 6.45) is 0. The van der Waals surface area contributed by atoms with E-state index in [-0.39, 0.29) is 0 Å². The molecule has 0 atom stereocenters. The Bertz CT molecular complexity index is 674. The zero-order valence-corrected chi connectivity index (χ0v) is 9.86. The number of Topliss-reactive ketones (excluding diaryl/α,β-unsaturated/α-hetero) is 1. The summed E-state index contributed by atoms with van der Waals surface area (Å²) in [4.78, 5) is 22.9. The zero-order chi connectivity index (χ0) is 12.7. The Labute approximate surface area is 104 Å². The highest BCUT2D eigenvalue weighted by molar-refractivity contribution is 6.51. The Hall–Kier alpha value is -2.42. The molecule has 0 saturated carbocycles. The molecule has 3 nitrogen and oxygen atoms in total. The standard InChI is InChI=1S/C15H11NO2/c1-9-4-2-3-5-11(9)10-6-7-13-12(8-10)14(17)15(18)16-13/h2-8H,1H3,(H,16,17,18). The molecule has 1 aliphatic rings. The van der Waals surface area contributed by atoms with Crippen LogP contribution in [-0.2, 0) is 4.79 Å². The Kier molecular flexibility index (Phi) is 2.27. The van der Waals surface area contributed by atoms with Gasteiger partial charge in [-0.2, -0.15) is 0 Å². The fourth-order valence-corrected chi connectivity index (χ4v) is 2.21. The molecule has 0 saturated heterocycles. The summed E-state index contributed by atoms with van der Waals surface area (Å²) in [7, 11) is 0. The quantitative estimate of drug-likeness (QED) is 0.775. The summed E-state index contributed by atoms with van der Waals surface area (Å²) in [5.41, 5.74) is 4.23.